The Kier molecular flexibility index (Phi) is 5.08. The highest BCUT2D eigenvalue weighted by Gasteiger charge is 2.35. The van der Waals surface area contributed by atoms with E-state index in [9.17, 15) is 4.79 Å². The average Bonchev–Trinajstić information content (AvgIpc) is 3.38. The fourth-order valence-electron chi connectivity index (χ4n) is 3.98. The number of fused-ring (bicyclic) bond motifs is 1. The molecule has 3 aliphatic heterocycles. The van der Waals surface area contributed by atoms with Gasteiger partial charge >= 0.3 is 0 Å². The van der Waals surface area contributed by atoms with Crippen LogP contribution in [0.25, 0.3) is 0 Å². The normalized spacial score (nSPS) is 21.0. The maximum Gasteiger partial charge on any atom is 0.278 e. The number of amidine groups is 1. The van der Waals surface area contributed by atoms with Gasteiger partial charge in [0.25, 0.3) is 5.91 Å². The van der Waals surface area contributed by atoms with Crippen LogP contribution in [0.4, 0.5) is 11.4 Å². The van der Waals surface area contributed by atoms with Gasteiger partial charge in [0.2, 0.25) is 0 Å². The number of para-hydroxylation sites is 2. The Morgan fingerprint density at radius 1 is 0.966 bits per heavy atom. The van der Waals surface area contributed by atoms with Crippen LogP contribution in [-0.4, -0.2) is 66.8 Å². The van der Waals surface area contributed by atoms with Crippen LogP contribution in [-0.2, 0) is 4.79 Å². The van der Waals surface area contributed by atoms with Gasteiger partial charge in [-0.3, -0.25) is 19.6 Å². The molecule has 0 unspecified atom stereocenters. The Labute approximate surface area is 174 Å². The molecule has 29 heavy (non-hydrogen) atoms. The second kappa shape index (κ2) is 8.00. The summed E-state index contributed by atoms with van der Waals surface area (Å²) in [4.78, 5) is 28.8. The van der Waals surface area contributed by atoms with E-state index in [1.54, 1.807) is 11.8 Å². The Hall–Kier alpha value is -2.64. The van der Waals surface area contributed by atoms with Crippen molar-refractivity contribution < 1.29 is 4.79 Å². The van der Waals surface area contributed by atoms with Gasteiger partial charge in [-0.25, -0.2) is 4.99 Å². The maximum absolute atomic E-state index is 13.2. The topological polar surface area (TPSA) is 51.5 Å². The molecule has 1 amide bonds. The summed E-state index contributed by atoms with van der Waals surface area (Å²) >= 11 is 1.62. The molecule has 1 saturated heterocycles. The lowest BCUT2D eigenvalue weighted by atomic mass is 10.1. The first-order valence-corrected chi connectivity index (χ1v) is 11.0. The molecule has 0 atom stereocenters. The Balaban J connectivity index is 1.31. The van der Waals surface area contributed by atoms with Crippen molar-refractivity contribution in [3.8, 4) is 0 Å². The predicted octanol–water partition coefficient (Wildman–Crippen LogP) is 2.70. The zero-order valence-electron chi connectivity index (χ0n) is 16.2. The van der Waals surface area contributed by atoms with Crippen molar-refractivity contribution in [3.05, 3.63) is 60.2 Å². The summed E-state index contributed by atoms with van der Waals surface area (Å²) in [6.45, 7) is 5.15. The van der Waals surface area contributed by atoms with Crippen molar-refractivity contribution in [2.24, 2.45) is 9.98 Å². The van der Waals surface area contributed by atoms with Gasteiger partial charge in [-0.2, -0.15) is 0 Å². The van der Waals surface area contributed by atoms with E-state index in [2.05, 4.69) is 44.1 Å². The summed E-state index contributed by atoms with van der Waals surface area (Å²) in [5, 5.41) is 0.724. The van der Waals surface area contributed by atoms with E-state index in [1.807, 2.05) is 35.2 Å². The molecular formula is C22H23N5OS. The molecule has 6 nitrogen and oxygen atoms in total. The fourth-order valence-corrected chi connectivity index (χ4v) is 4.69. The highest BCUT2D eigenvalue weighted by molar-refractivity contribution is 8.14. The van der Waals surface area contributed by atoms with E-state index < -0.39 is 0 Å². The summed E-state index contributed by atoms with van der Waals surface area (Å²) in [6.07, 6.45) is 0. The predicted molar refractivity (Wildman–Crippen MR) is 120 cm³/mol. The summed E-state index contributed by atoms with van der Waals surface area (Å²) in [6, 6.07) is 18.5. The van der Waals surface area contributed by atoms with Crippen LogP contribution < -0.4 is 9.80 Å². The van der Waals surface area contributed by atoms with Crippen LogP contribution >= 0.6 is 11.8 Å². The Morgan fingerprint density at radius 3 is 2.48 bits per heavy atom. The molecule has 148 valence electrons. The fraction of sp³-hybridized carbons (Fsp3) is 0.318. The number of carbonyl (C=O) groups is 1. The van der Waals surface area contributed by atoms with E-state index in [0.29, 0.717) is 12.4 Å². The minimum Gasteiger partial charge on any atom is -0.369 e. The summed E-state index contributed by atoms with van der Waals surface area (Å²) in [5.41, 5.74) is 3.65. The monoisotopic (exact) mass is 405 g/mol. The van der Waals surface area contributed by atoms with Crippen molar-refractivity contribution in [1.29, 1.82) is 0 Å². The minimum atomic E-state index is -0.0214. The number of amides is 1. The van der Waals surface area contributed by atoms with Crippen LogP contribution in [0.2, 0.25) is 0 Å². The lowest BCUT2D eigenvalue weighted by Crippen LogP contribution is -2.51. The number of benzene rings is 2. The SMILES string of the molecule is O=C1C(=NC2=NCCS2)c2ccccc2N1CN1CCN(c2ccccc2)CC1. The highest BCUT2D eigenvalue weighted by atomic mass is 32.2. The van der Waals surface area contributed by atoms with Gasteiger partial charge < -0.3 is 4.90 Å². The lowest BCUT2D eigenvalue weighted by molar-refractivity contribution is -0.112. The molecule has 2 aromatic carbocycles. The first-order chi connectivity index (χ1) is 14.3. The number of nitrogens with zero attached hydrogens (tertiary/aromatic N) is 5. The van der Waals surface area contributed by atoms with Crippen molar-refractivity contribution >= 4 is 39.9 Å². The van der Waals surface area contributed by atoms with Crippen molar-refractivity contribution in [2.45, 2.75) is 0 Å². The molecule has 1 fully saturated rings. The molecule has 0 aliphatic carbocycles. The van der Waals surface area contributed by atoms with E-state index in [1.165, 1.54) is 5.69 Å². The average molecular weight is 406 g/mol. The van der Waals surface area contributed by atoms with E-state index >= 15 is 0 Å². The molecule has 3 heterocycles. The number of thioether (sulfide) groups is 1. The Morgan fingerprint density at radius 2 is 1.72 bits per heavy atom. The molecule has 2 aromatic rings. The van der Waals surface area contributed by atoms with Crippen molar-refractivity contribution in [2.75, 3.05) is 54.9 Å². The standard InChI is InChI=1S/C22H23N5OS/c28-21-20(24-22-23-10-15-29-22)18-8-4-5-9-19(18)27(21)16-25-11-13-26(14-12-25)17-6-2-1-3-7-17/h1-9H,10-16H2. The van der Waals surface area contributed by atoms with E-state index in [-0.39, 0.29) is 5.91 Å². The van der Waals surface area contributed by atoms with Gasteiger partial charge in [-0.1, -0.05) is 48.2 Å². The third kappa shape index (κ3) is 3.68. The summed E-state index contributed by atoms with van der Waals surface area (Å²) < 4.78 is 0. The van der Waals surface area contributed by atoms with Gasteiger partial charge in [-0.15, -0.1) is 0 Å². The van der Waals surface area contributed by atoms with Gasteiger partial charge in [0.15, 0.2) is 5.17 Å². The number of hydrogen-bond donors (Lipinski definition) is 0. The smallest absolute Gasteiger partial charge is 0.278 e. The first kappa shape index (κ1) is 18.4. The number of anilines is 2. The third-order valence-corrected chi connectivity index (χ3v) is 6.37. The highest BCUT2D eigenvalue weighted by Crippen LogP contribution is 2.30. The van der Waals surface area contributed by atoms with Crippen LogP contribution in [0.15, 0.2) is 64.6 Å². The lowest BCUT2D eigenvalue weighted by Gasteiger charge is -2.37. The Bertz CT molecular complexity index is 966. The van der Waals surface area contributed by atoms with Crippen LogP contribution in [0.1, 0.15) is 5.56 Å². The molecule has 3 aliphatic rings. The molecular weight excluding hydrogens is 382 g/mol. The van der Waals surface area contributed by atoms with Crippen LogP contribution in [0, 0.1) is 0 Å². The number of rotatable bonds is 3. The van der Waals surface area contributed by atoms with Crippen molar-refractivity contribution in [1.82, 2.24) is 4.90 Å². The summed E-state index contributed by atoms with van der Waals surface area (Å²) in [5.74, 6) is 0.920. The number of aliphatic imine (C=N–C) groups is 2. The second-order valence-electron chi connectivity index (χ2n) is 7.31. The van der Waals surface area contributed by atoms with Crippen LogP contribution in [0.3, 0.4) is 0 Å². The molecule has 0 spiro atoms. The molecule has 0 aromatic heterocycles. The summed E-state index contributed by atoms with van der Waals surface area (Å²) in [7, 11) is 0. The largest absolute Gasteiger partial charge is 0.369 e. The van der Waals surface area contributed by atoms with Crippen molar-refractivity contribution in [3.63, 3.8) is 0 Å². The van der Waals surface area contributed by atoms with Gasteiger partial charge in [-0.05, 0) is 18.2 Å². The van der Waals surface area contributed by atoms with Gasteiger partial charge in [0.05, 0.1) is 18.9 Å². The van der Waals surface area contributed by atoms with E-state index in [0.717, 1.165) is 54.9 Å². The first-order valence-electron chi connectivity index (χ1n) is 9.99. The van der Waals surface area contributed by atoms with E-state index in [4.69, 9.17) is 0 Å². The molecule has 0 N–H and O–H groups in total. The maximum atomic E-state index is 13.2. The molecule has 7 heteroatoms. The molecule has 5 rings (SSSR count). The zero-order chi connectivity index (χ0) is 19.6. The van der Waals surface area contributed by atoms with Gasteiger partial charge in [0.1, 0.15) is 5.71 Å². The number of piperazine rings is 1. The quantitative estimate of drug-likeness (QED) is 0.788. The van der Waals surface area contributed by atoms with Gasteiger partial charge in [0, 0.05) is 43.2 Å². The number of hydrogen-bond acceptors (Lipinski definition) is 6. The molecule has 0 saturated carbocycles. The zero-order valence-corrected chi connectivity index (χ0v) is 17.0. The molecule has 0 radical (unpaired) electrons. The molecule has 0 bridgehead atoms. The minimum absolute atomic E-state index is 0.0214. The second-order valence-corrected chi connectivity index (χ2v) is 8.37. The van der Waals surface area contributed by atoms with Crippen LogP contribution in [0.5, 0.6) is 0 Å². The third-order valence-electron chi connectivity index (χ3n) is 5.51. The number of carbonyl (C=O) groups excluding carboxylic acids is 1.